The zero-order valence-electron chi connectivity index (χ0n) is 9.61. The molecule has 0 aliphatic carbocycles. The first-order valence-electron chi connectivity index (χ1n) is 5.26. The number of benzene rings is 2. The average molecular weight is 464 g/mol. The fourth-order valence-corrected chi connectivity index (χ4v) is 2.77. The molecule has 92 valence electrons. The second-order valence-corrected chi connectivity index (χ2v) is 6.06. The number of carbonyl (C=O) groups excluding carboxylic acids is 1. The summed E-state index contributed by atoms with van der Waals surface area (Å²) in [5.41, 5.74) is 1.31. The molecule has 0 bridgehead atoms. The molecule has 0 heterocycles. The minimum atomic E-state index is -0.00429. The fourth-order valence-electron chi connectivity index (χ4n) is 1.65. The van der Waals surface area contributed by atoms with Crippen molar-refractivity contribution in [3.8, 4) is 5.75 Å². The van der Waals surface area contributed by atoms with E-state index in [1.165, 1.54) is 0 Å². The minimum Gasteiger partial charge on any atom is -0.496 e. The van der Waals surface area contributed by atoms with Crippen LogP contribution in [-0.2, 0) is 0 Å². The maximum atomic E-state index is 12.5. The fraction of sp³-hybridized carbons (Fsp3) is 0.0714. The van der Waals surface area contributed by atoms with E-state index in [-0.39, 0.29) is 5.78 Å². The highest BCUT2D eigenvalue weighted by Crippen LogP contribution is 2.25. The van der Waals surface area contributed by atoms with Gasteiger partial charge in [0, 0.05) is 12.7 Å². The van der Waals surface area contributed by atoms with Crippen LogP contribution in [-0.4, -0.2) is 12.9 Å². The second-order valence-electron chi connectivity index (χ2n) is 3.65. The molecule has 0 aromatic heterocycles. The Morgan fingerprint density at radius 1 is 1.06 bits per heavy atom. The maximum Gasteiger partial charge on any atom is 0.197 e. The van der Waals surface area contributed by atoms with Crippen molar-refractivity contribution in [3.63, 3.8) is 0 Å². The van der Waals surface area contributed by atoms with Crippen LogP contribution in [0.2, 0.25) is 0 Å². The van der Waals surface area contributed by atoms with Gasteiger partial charge in [-0.2, -0.15) is 0 Å². The molecule has 0 spiro atoms. The number of ether oxygens (including phenoxy) is 1. The van der Waals surface area contributed by atoms with Crippen LogP contribution in [0, 0.1) is 7.14 Å². The van der Waals surface area contributed by atoms with Crippen LogP contribution in [0.1, 0.15) is 15.9 Å². The van der Waals surface area contributed by atoms with E-state index < -0.39 is 0 Å². The van der Waals surface area contributed by atoms with Crippen molar-refractivity contribution in [2.24, 2.45) is 0 Å². The van der Waals surface area contributed by atoms with Gasteiger partial charge in [-0.1, -0.05) is 12.1 Å². The molecule has 2 aromatic rings. The molecule has 0 amide bonds. The van der Waals surface area contributed by atoms with Crippen molar-refractivity contribution in [2.45, 2.75) is 0 Å². The topological polar surface area (TPSA) is 26.3 Å². The summed E-state index contributed by atoms with van der Waals surface area (Å²) in [6.45, 7) is 0. The molecule has 4 heteroatoms. The Morgan fingerprint density at radius 3 is 2.44 bits per heavy atom. The van der Waals surface area contributed by atoms with Gasteiger partial charge < -0.3 is 4.74 Å². The van der Waals surface area contributed by atoms with Crippen molar-refractivity contribution in [2.75, 3.05) is 7.11 Å². The molecule has 0 aliphatic heterocycles. The van der Waals surface area contributed by atoms with E-state index in [0.29, 0.717) is 16.9 Å². The number of hydrogen-bond donors (Lipinski definition) is 0. The largest absolute Gasteiger partial charge is 0.496 e. The van der Waals surface area contributed by atoms with Crippen LogP contribution in [0.5, 0.6) is 5.75 Å². The van der Waals surface area contributed by atoms with Crippen molar-refractivity contribution in [1.29, 1.82) is 0 Å². The Labute approximate surface area is 133 Å². The third-order valence-corrected chi connectivity index (χ3v) is 4.14. The van der Waals surface area contributed by atoms with Crippen molar-refractivity contribution < 1.29 is 9.53 Å². The summed E-state index contributed by atoms with van der Waals surface area (Å²) in [4.78, 5) is 12.5. The number of carbonyl (C=O) groups is 1. The van der Waals surface area contributed by atoms with Gasteiger partial charge in [0.1, 0.15) is 5.75 Å². The molecule has 0 saturated heterocycles. The number of halogens is 2. The van der Waals surface area contributed by atoms with E-state index in [9.17, 15) is 4.79 Å². The normalized spacial score (nSPS) is 10.2. The van der Waals surface area contributed by atoms with Crippen LogP contribution in [0.3, 0.4) is 0 Å². The van der Waals surface area contributed by atoms with Crippen molar-refractivity contribution >= 4 is 51.0 Å². The lowest BCUT2D eigenvalue weighted by atomic mass is 10.0. The smallest absolute Gasteiger partial charge is 0.197 e. The second kappa shape index (κ2) is 6.01. The molecule has 0 aliphatic rings. The lowest BCUT2D eigenvalue weighted by Crippen LogP contribution is -2.06. The van der Waals surface area contributed by atoms with Crippen LogP contribution in [0.25, 0.3) is 0 Å². The van der Waals surface area contributed by atoms with Crippen LogP contribution < -0.4 is 4.74 Å². The SMILES string of the molecule is COc1ccc(I)cc1C(=O)c1ccccc1I. The zero-order chi connectivity index (χ0) is 13.1. The average Bonchev–Trinajstić information content (AvgIpc) is 2.38. The van der Waals surface area contributed by atoms with Gasteiger partial charge in [0.05, 0.1) is 12.7 Å². The van der Waals surface area contributed by atoms with Gasteiger partial charge in [-0.05, 0) is 75.5 Å². The van der Waals surface area contributed by atoms with Gasteiger partial charge in [-0.3, -0.25) is 4.79 Å². The zero-order valence-corrected chi connectivity index (χ0v) is 13.9. The van der Waals surface area contributed by atoms with Gasteiger partial charge in [-0.25, -0.2) is 0 Å². The van der Waals surface area contributed by atoms with Gasteiger partial charge in [0.15, 0.2) is 5.78 Å². The molecular formula is C14H10I2O2. The first-order valence-corrected chi connectivity index (χ1v) is 7.42. The predicted octanol–water partition coefficient (Wildman–Crippen LogP) is 4.14. The van der Waals surface area contributed by atoms with Gasteiger partial charge in [0.25, 0.3) is 0 Å². The van der Waals surface area contributed by atoms with Crippen LogP contribution in [0.4, 0.5) is 0 Å². The summed E-state index contributed by atoms with van der Waals surface area (Å²) < 4.78 is 7.22. The molecule has 0 fully saturated rings. The first-order chi connectivity index (χ1) is 8.63. The highest BCUT2D eigenvalue weighted by atomic mass is 127. The number of ketones is 1. The lowest BCUT2D eigenvalue weighted by Gasteiger charge is -2.09. The molecule has 0 radical (unpaired) electrons. The molecule has 0 atom stereocenters. The van der Waals surface area contributed by atoms with Gasteiger partial charge in [0.2, 0.25) is 0 Å². The molecule has 2 rings (SSSR count). The third-order valence-electron chi connectivity index (χ3n) is 2.52. The predicted molar refractivity (Wildman–Crippen MR) is 88.3 cm³/mol. The Kier molecular flexibility index (Phi) is 4.60. The van der Waals surface area contributed by atoms with Gasteiger partial charge in [-0.15, -0.1) is 0 Å². The van der Waals surface area contributed by atoms with E-state index in [2.05, 4.69) is 45.2 Å². The molecule has 0 N–H and O–H groups in total. The highest BCUT2D eigenvalue weighted by molar-refractivity contribution is 14.1. The minimum absolute atomic E-state index is 0.00429. The third kappa shape index (κ3) is 2.85. The highest BCUT2D eigenvalue weighted by Gasteiger charge is 2.16. The van der Waals surface area contributed by atoms with Crippen LogP contribution >= 0.6 is 45.2 Å². The van der Waals surface area contributed by atoms with Crippen molar-refractivity contribution in [3.05, 3.63) is 60.7 Å². The van der Waals surface area contributed by atoms with E-state index in [4.69, 9.17) is 4.74 Å². The summed E-state index contributed by atoms with van der Waals surface area (Å²) in [5.74, 6) is 0.607. The molecule has 0 saturated carbocycles. The molecular weight excluding hydrogens is 454 g/mol. The number of rotatable bonds is 3. The molecule has 18 heavy (non-hydrogen) atoms. The van der Waals surface area contributed by atoms with E-state index in [0.717, 1.165) is 7.14 Å². The first kappa shape index (κ1) is 13.8. The number of hydrogen-bond acceptors (Lipinski definition) is 2. The Hall–Kier alpha value is -0.630. The Balaban J connectivity index is 2.52. The van der Waals surface area contributed by atoms with Gasteiger partial charge >= 0.3 is 0 Å². The Bertz CT molecular complexity index is 594. The quantitative estimate of drug-likeness (QED) is 0.505. The monoisotopic (exact) mass is 464 g/mol. The van der Waals surface area contributed by atoms with E-state index in [1.54, 1.807) is 7.11 Å². The van der Waals surface area contributed by atoms with E-state index >= 15 is 0 Å². The maximum absolute atomic E-state index is 12.5. The summed E-state index contributed by atoms with van der Waals surface area (Å²) >= 11 is 4.36. The standard InChI is InChI=1S/C14H10I2O2/c1-18-13-7-6-9(15)8-11(13)14(17)10-4-2-3-5-12(10)16/h2-8H,1H3. The summed E-state index contributed by atoms with van der Waals surface area (Å²) in [6.07, 6.45) is 0. The van der Waals surface area contributed by atoms with E-state index in [1.807, 2.05) is 42.5 Å². The van der Waals surface area contributed by atoms with Crippen LogP contribution in [0.15, 0.2) is 42.5 Å². The lowest BCUT2D eigenvalue weighted by molar-refractivity contribution is 0.103. The summed E-state index contributed by atoms with van der Waals surface area (Å²) in [7, 11) is 1.58. The summed E-state index contributed by atoms with van der Waals surface area (Å²) in [6, 6.07) is 13.2. The summed E-state index contributed by atoms with van der Waals surface area (Å²) in [5, 5.41) is 0. The molecule has 0 unspecified atom stereocenters. The van der Waals surface area contributed by atoms with Crippen molar-refractivity contribution in [1.82, 2.24) is 0 Å². The molecule has 2 nitrogen and oxygen atoms in total. The molecule has 2 aromatic carbocycles. The number of methoxy groups -OCH3 is 1. The Morgan fingerprint density at radius 2 is 1.78 bits per heavy atom.